The van der Waals surface area contributed by atoms with E-state index in [0.717, 1.165) is 10.9 Å². The van der Waals surface area contributed by atoms with Gasteiger partial charge >= 0.3 is 0 Å². The van der Waals surface area contributed by atoms with Crippen molar-refractivity contribution >= 4 is 23.1 Å². The lowest BCUT2D eigenvalue weighted by Crippen LogP contribution is -2.12. The Balaban J connectivity index is 2.23. The first kappa shape index (κ1) is 10.5. The molecule has 1 aromatic carbocycles. The van der Waals surface area contributed by atoms with E-state index in [-0.39, 0.29) is 11.6 Å². The number of aromatic amines is 1. The molecule has 0 saturated heterocycles. The van der Waals surface area contributed by atoms with Crippen molar-refractivity contribution < 1.29 is 9.59 Å². The molecular formula is C13H9N3O2. The van der Waals surface area contributed by atoms with Crippen LogP contribution in [0.1, 0.15) is 20.8 Å². The first-order valence-corrected chi connectivity index (χ1v) is 5.40. The van der Waals surface area contributed by atoms with Crippen molar-refractivity contribution in [1.29, 1.82) is 0 Å². The fourth-order valence-corrected chi connectivity index (χ4v) is 1.96. The lowest BCUT2D eigenvalue weighted by atomic mass is 10.1. The number of hydrogen-bond acceptors (Lipinski definition) is 3. The van der Waals surface area contributed by atoms with Crippen molar-refractivity contribution in [3.8, 4) is 0 Å². The highest BCUT2D eigenvalue weighted by Crippen LogP contribution is 2.21. The average molecular weight is 239 g/mol. The molecule has 0 amide bonds. The Hall–Kier alpha value is -2.69. The summed E-state index contributed by atoms with van der Waals surface area (Å²) in [6, 6.07) is 7.31. The Morgan fingerprint density at radius 3 is 2.89 bits per heavy atom. The fourth-order valence-electron chi connectivity index (χ4n) is 1.96. The second kappa shape index (κ2) is 3.96. The summed E-state index contributed by atoms with van der Waals surface area (Å²) in [6.45, 7) is 0. The van der Waals surface area contributed by atoms with Crippen LogP contribution in [0.4, 0.5) is 0 Å². The van der Waals surface area contributed by atoms with Crippen molar-refractivity contribution in [3.05, 3.63) is 54.2 Å². The van der Waals surface area contributed by atoms with E-state index in [1.807, 2.05) is 18.2 Å². The third kappa shape index (κ3) is 1.45. The average Bonchev–Trinajstić information content (AvgIpc) is 3.04. The standard InChI is InChI=1S/C13H9N3O2/c17-7-10-9-3-1-2-4-11(9)15-12(10)13(18)16-6-5-14-8-16/h1-8,15H. The van der Waals surface area contributed by atoms with Crippen LogP contribution in [0.5, 0.6) is 0 Å². The zero-order valence-corrected chi connectivity index (χ0v) is 9.33. The number of para-hydroxylation sites is 1. The molecule has 2 heterocycles. The minimum atomic E-state index is -0.300. The summed E-state index contributed by atoms with van der Waals surface area (Å²) >= 11 is 0. The van der Waals surface area contributed by atoms with E-state index in [1.54, 1.807) is 12.3 Å². The Morgan fingerprint density at radius 1 is 1.33 bits per heavy atom. The van der Waals surface area contributed by atoms with E-state index in [4.69, 9.17) is 0 Å². The van der Waals surface area contributed by atoms with Crippen LogP contribution in [0, 0.1) is 0 Å². The van der Waals surface area contributed by atoms with Crippen molar-refractivity contribution in [2.24, 2.45) is 0 Å². The van der Waals surface area contributed by atoms with Gasteiger partial charge in [-0.1, -0.05) is 18.2 Å². The molecule has 0 bridgehead atoms. The SMILES string of the molecule is O=Cc1c(C(=O)n2ccnc2)[nH]c2ccccc12. The quantitative estimate of drug-likeness (QED) is 0.694. The second-order valence-electron chi connectivity index (χ2n) is 3.85. The molecule has 0 radical (unpaired) electrons. The van der Waals surface area contributed by atoms with Gasteiger partial charge in [-0.05, 0) is 6.07 Å². The summed E-state index contributed by atoms with van der Waals surface area (Å²) in [5.41, 5.74) is 1.43. The molecule has 5 nitrogen and oxygen atoms in total. The molecule has 18 heavy (non-hydrogen) atoms. The van der Waals surface area contributed by atoms with Crippen molar-refractivity contribution in [1.82, 2.24) is 14.5 Å². The van der Waals surface area contributed by atoms with Gasteiger partial charge in [-0.2, -0.15) is 0 Å². The zero-order chi connectivity index (χ0) is 12.5. The monoisotopic (exact) mass is 239 g/mol. The molecule has 3 aromatic rings. The first-order chi connectivity index (χ1) is 8.81. The van der Waals surface area contributed by atoms with Crippen LogP contribution in [0.3, 0.4) is 0 Å². The number of aromatic nitrogens is 3. The fraction of sp³-hybridized carbons (Fsp3) is 0. The number of carbonyl (C=O) groups is 2. The largest absolute Gasteiger partial charge is 0.350 e. The highest BCUT2D eigenvalue weighted by Gasteiger charge is 2.18. The van der Waals surface area contributed by atoms with Crippen LogP contribution in [-0.2, 0) is 0 Å². The van der Waals surface area contributed by atoms with Crippen LogP contribution in [0.25, 0.3) is 10.9 Å². The molecular weight excluding hydrogens is 230 g/mol. The maximum atomic E-state index is 12.2. The number of fused-ring (bicyclic) bond motifs is 1. The number of benzene rings is 1. The maximum Gasteiger partial charge on any atom is 0.280 e. The molecule has 0 saturated carbocycles. The van der Waals surface area contributed by atoms with Gasteiger partial charge in [0.25, 0.3) is 5.91 Å². The smallest absolute Gasteiger partial charge is 0.280 e. The normalized spacial score (nSPS) is 10.7. The number of nitrogens with zero attached hydrogens (tertiary/aromatic N) is 2. The number of nitrogens with one attached hydrogen (secondary N) is 1. The predicted octanol–water partition coefficient (Wildman–Crippen LogP) is 1.87. The molecule has 0 unspecified atom stereocenters. The third-order valence-corrected chi connectivity index (χ3v) is 2.82. The molecule has 5 heteroatoms. The Morgan fingerprint density at radius 2 is 2.17 bits per heavy atom. The van der Waals surface area contributed by atoms with Crippen LogP contribution in [-0.4, -0.2) is 26.7 Å². The number of aldehydes is 1. The Labute approximate surface area is 102 Å². The molecule has 0 aliphatic rings. The molecule has 0 spiro atoms. The van der Waals surface area contributed by atoms with E-state index in [9.17, 15) is 9.59 Å². The summed E-state index contributed by atoms with van der Waals surface area (Å²) in [4.78, 5) is 30.2. The van der Waals surface area contributed by atoms with E-state index in [0.29, 0.717) is 11.8 Å². The molecule has 0 aliphatic heterocycles. The number of hydrogen-bond donors (Lipinski definition) is 1. The van der Waals surface area contributed by atoms with Crippen molar-refractivity contribution in [2.75, 3.05) is 0 Å². The molecule has 0 atom stereocenters. The number of rotatable bonds is 2. The number of H-pyrrole nitrogens is 1. The molecule has 1 N–H and O–H groups in total. The highest BCUT2D eigenvalue weighted by atomic mass is 16.2. The summed E-state index contributed by atoms with van der Waals surface area (Å²) in [6.07, 6.45) is 5.16. The van der Waals surface area contributed by atoms with Gasteiger partial charge in [-0.25, -0.2) is 4.98 Å². The van der Waals surface area contributed by atoms with E-state index in [2.05, 4.69) is 9.97 Å². The highest BCUT2D eigenvalue weighted by molar-refractivity contribution is 6.10. The molecule has 0 aliphatic carbocycles. The molecule has 0 fully saturated rings. The van der Waals surface area contributed by atoms with Crippen molar-refractivity contribution in [2.45, 2.75) is 0 Å². The van der Waals surface area contributed by atoms with Gasteiger partial charge in [0.1, 0.15) is 12.0 Å². The van der Waals surface area contributed by atoms with E-state index >= 15 is 0 Å². The van der Waals surface area contributed by atoms with E-state index < -0.39 is 0 Å². The minimum absolute atomic E-state index is 0.282. The predicted molar refractivity (Wildman–Crippen MR) is 65.6 cm³/mol. The van der Waals surface area contributed by atoms with E-state index in [1.165, 1.54) is 17.1 Å². The first-order valence-electron chi connectivity index (χ1n) is 5.40. The summed E-state index contributed by atoms with van der Waals surface area (Å²) in [7, 11) is 0. The summed E-state index contributed by atoms with van der Waals surface area (Å²) in [5.74, 6) is -0.300. The van der Waals surface area contributed by atoms with Gasteiger partial charge in [0.05, 0.1) is 5.56 Å². The minimum Gasteiger partial charge on any atom is -0.350 e. The lowest BCUT2D eigenvalue weighted by Gasteiger charge is -1.98. The number of imidazole rings is 1. The molecule has 3 rings (SSSR count). The van der Waals surface area contributed by atoms with Gasteiger partial charge in [-0.3, -0.25) is 14.2 Å². The topological polar surface area (TPSA) is 67.8 Å². The molecule has 2 aromatic heterocycles. The summed E-state index contributed by atoms with van der Waals surface area (Å²) < 4.78 is 1.33. The van der Waals surface area contributed by atoms with Crippen LogP contribution >= 0.6 is 0 Å². The maximum absolute atomic E-state index is 12.2. The molecule has 88 valence electrons. The van der Waals surface area contributed by atoms with Crippen LogP contribution in [0.15, 0.2) is 43.0 Å². The van der Waals surface area contributed by atoms with Gasteiger partial charge in [0, 0.05) is 23.3 Å². The second-order valence-corrected chi connectivity index (χ2v) is 3.85. The Bertz CT molecular complexity index is 726. The van der Waals surface area contributed by atoms with Crippen LogP contribution < -0.4 is 0 Å². The number of carbonyl (C=O) groups excluding carboxylic acids is 2. The Kier molecular flexibility index (Phi) is 2.30. The van der Waals surface area contributed by atoms with Gasteiger partial charge in [-0.15, -0.1) is 0 Å². The van der Waals surface area contributed by atoms with Gasteiger partial charge in [0.2, 0.25) is 0 Å². The summed E-state index contributed by atoms with van der Waals surface area (Å²) in [5, 5.41) is 0.746. The van der Waals surface area contributed by atoms with Crippen molar-refractivity contribution in [3.63, 3.8) is 0 Å². The van der Waals surface area contributed by atoms with Gasteiger partial charge in [0.15, 0.2) is 6.29 Å². The zero-order valence-electron chi connectivity index (χ0n) is 9.33. The van der Waals surface area contributed by atoms with Gasteiger partial charge < -0.3 is 4.98 Å². The lowest BCUT2D eigenvalue weighted by molar-refractivity contribution is 0.0950. The van der Waals surface area contributed by atoms with Crippen LogP contribution in [0.2, 0.25) is 0 Å². The third-order valence-electron chi connectivity index (χ3n) is 2.82.